The maximum Gasteiger partial charge on any atom is 0.309 e. The zero-order valence-electron chi connectivity index (χ0n) is 14.9. The summed E-state index contributed by atoms with van der Waals surface area (Å²) in [6, 6.07) is 5.97. The fourth-order valence-electron chi connectivity index (χ4n) is 2.68. The Morgan fingerprint density at radius 3 is 2.56 bits per heavy atom. The van der Waals surface area contributed by atoms with Gasteiger partial charge in [-0.25, -0.2) is 19.9 Å². The van der Waals surface area contributed by atoms with Crippen LogP contribution in [-0.4, -0.2) is 65.6 Å². The third kappa shape index (κ3) is 4.57. The van der Waals surface area contributed by atoms with Crippen molar-refractivity contribution in [1.29, 1.82) is 0 Å². The first-order valence-electron chi connectivity index (χ1n) is 8.46. The Hall–Kier alpha value is -3.04. The van der Waals surface area contributed by atoms with Gasteiger partial charge in [0.05, 0.1) is 7.11 Å². The van der Waals surface area contributed by atoms with Crippen molar-refractivity contribution in [3.05, 3.63) is 42.4 Å². The minimum absolute atomic E-state index is 0.0891. The highest BCUT2D eigenvalue weighted by Crippen LogP contribution is 2.28. The van der Waals surface area contributed by atoms with E-state index in [1.54, 1.807) is 23.4 Å². The Morgan fingerprint density at radius 1 is 1.19 bits per heavy atom. The van der Waals surface area contributed by atoms with Gasteiger partial charge in [-0.05, 0) is 12.1 Å². The zero-order valence-corrected chi connectivity index (χ0v) is 14.9. The van der Waals surface area contributed by atoms with Gasteiger partial charge in [0.25, 0.3) is 0 Å². The SMILES string of the molecule is COc1cccc(C(F)(F)CN=C(N)N2CCN(c3ncccn3)CC2)n1. The normalized spacial score (nSPS) is 15.7. The Bertz CT molecular complexity index is 780. The van der Waals surface area contributed by atoms with Gasteiger partial charge >= 0.3 is 5.92 Å². The van der Waals surface area contributed by atoms with Gasteiger partial charge in [0.2, 0.25) is 11.8 Å². The van der Waals surface area contributed by atoms with Crippen LogP contribution in [0.5, 0.6) is 5.88 Å². The van der Waals surface area contributed by atoms with Gasteiger partial charge in [0.1, 0.15) is 12.2 Å². The number of nitrogens with two attached hydrogens (primary N) is 1. The summed E-state index contributed by atoms with van der Waals surface area (Å²) in [4.78, 5) is 19.9. The number of aliphatic imine (C=N–C) groups is 1. The molecule has 0 unspecified atom stereocenters. The van der Waals surface area contributed by atoms with E-state index in [1.165, 1.54) is 25.3 Å². The molecule has 0 saturated carbocycles. The lowest BCUT2D eigenvalue weighted by molar-refractivity contribution is 0.00119. The first-order chi connectivity index (χ1) is 13.0. The Balaban J connectivity index is 1.59. The molecule has 3 heterocycles. The number of anilines is 1. The summed E-state index contributed by atoms with van der Waals surface area (Å²) in [5.41, 5.74) is 5.52. The third-order valence-corrected chi connectivity index (χ3v) is 4.19. The van der Waals surface area contributed by atoms with Crippen LogP contribution in [0.1, 0.15) is 5.69 Å². The number of aromatic nitrogens is 3. The zero-order chi connectivity index (χ0) is 19.3. The number of halogens is 2. The average molecular weight is 377 g/mol. The van der Waals surface area contributed by atoms with Crippen molar-refractivity contribution in [2.24, 2.45) is 10.7 Å². The molecule has 2 N–H and O–H groups in total. The molecule has 8 nitrogen and oxygen atoms in total. The molecule has 27 heavy (non-hydrogen) atoms. The van der Waals surface area contributed by atoms with Crippen molar-refractivity contribution in [2.45, 2.75) is 5.92 Å². The van der Waals surface area contributed by atoms with E-state index in [0.29, 0.717) is 32.1 Å². The van der Waals surface area contributed by atoms with Crippen LogP contribution in [0.25, 0.3) is 0 Å². The summed E-state index contributed by atoms with van der Waals surface area (Å²) in [5, 5.41) is 0. The fourth-order valence-corrected chi connectivity index (χ4v) is 2.68. The summed E-state index contributed by atoms with van der Waals surface area (Å²) < 4.78 is 33.6. The van der Waals surface area contributed by atoms with E-state index >= 15 is 0 Å². The smallest absolute Gasteiger partial charge is 0.309 e. The second-order valence-electron chi connectivity index (χ2n) is 5.97. The maximum atomic E-state index is 14.4. The number of rotatable bonds is 5. The van der Waals surface area contributed by atoms with Gasteiger partial charge in [-0.1, -0.05) is 6.07 Å². The number of hydrogen-bond acceptors (Lipinski definition) is 6. The van der Waals surface area contributed by atoms with Gasteiger partial charge in [-0.3, -0.25) is 0 Å². The van der Waals surface area contributed by atoms with Crippen LogP contribution >= 0.6 is 0 Å². The summed E-state index contributed by atoms with van der Waals surface area (Å²) in [7, 11) is 1.38. The molecule has 0 aliphatic carbocycles. The standard InChI is InChI=1S/C17H21F2N7O/c1-27-14-5-2-4-13(24-14)17(18,19)12-23-15(20)25-8-10-26(11-9-25)16-21-6-3-7-22-16/h2-7H,8-12H2,1H3,(H2,20,23). The van der Waals surface area contributed by atoms with Crippen LogP contribution in [0.3, 0.4) is 0 Å². The van der Waals surface area contributed by atoms with Crippen molar-refractivity contribution in [2.75, 3.05) is 44.7 Å². The van der Waals surface area contributed by atoms with Gasteiger partial charge in [-0.15, -0.1) is 0 Å². The topological polar surface area (TPSA) is 92.8 Å². The number of ether oxygens (including phenoxy) is 1. The predicted molar refractivity (Wildman–Crippen MR) is 97.0 cm³/mol. The van der Waals surface area contributed by atoms with E-state index in [9.17, 15) is 8.78 Å². The number of hydrogen-bond donors (Lipinski definition) is 1. The lowest BCUT2D eigenvalue weighted by Crippen LogP contribution is -2.51. The quantitative estimate of drug-likeness (QED) is 0.616. The summed E-state index contributed by atoms with van der Waals surface area (Å²) in [5.74, 6) is -2.38. The third-order valence-electron chi connectivity index (χ3n) is 4.19. The molecule has 1 aliphatic heterocycles. The van der Waals surface area contributed by atoms with E-state index in [1.807, 2.05) is 4.90 Å². The number of pyridine rings is 1. The van der Waals surface area contributed by atoms with E-state index in [-0.39, 0.29) is 11.8 Å². The van der Waals surface area contributed by atoms with E-state index in [2.05, 4.69) is 19.9 Å². The molecule has 0 radical (unpaired) electrons. The van der Waals surface area contributed by atoms with Crippen LogP contribution in [0.15, 0.2) is 41.7 Å². The van der Waals surface area contributed by atoms with Crippen LogP contribution in [0, 0.1) is 0 Å². The van der Waals surface area contributed by atoms with Crippen LogP contribution in [0.4, 0.5) is 14.7 Å². The molecule has 3 rings (SSSR count). The first-order valence-corrected chi connectivity index (χ1v) is 8.46. The molecule has 1 fully saturated rings. The van der Waals surface area contributed by atoms with Crippen LogP contribution in [0.2, 0.25) is 0 Å². The number of nitrogens with zero attached hydrogens (tertiary/aromatic N) is 6. The van der Waals surface area contributed by atoms with Gasteiger partial charge in [-0.2, -0.15) is 8.78 Å². The Kier molecular flexibility index (Phi) is 5.63. The molecule has 144 valence electrons. The molecule has 2 aromatic rings. The summed E-state index contributed by atoms with van der Waals surface area (Å²) in [6.07, 6.45) is 3.36. The van der Waals surface area contributed by atoms with Crippen molar-refractivity contribution in [1.82, 2.24) is 19.9 Å². The molecule has 0 amide bonds. The molecule has 0 aromatic carbocycles. The molecular formula is C17H21F2N7O. The second-order valence-corrected chi connectivity index (χ2v) is 5.97. The first kappa shape index (κ1) is 18.7. The minimum Gasteiger partial charge on any atom is -0.481 e. The van der Waals surface area contributed by atoms with Crippen molar-refractivity contribution < 1.29 is 13.5 Å². The average Bonchev–Trinajstić information content (AvgIpc) is 2.73. The summed E-state index contributed by atoms with van der Waals surface area (Å²) in [6.45, 7) is 1.59. The number of piperazine rings is 1. The highest BCUT2D eigenvalue weighted by atomic mass is 19.3. The van der Waals surface area contributed by atoms with E-state index in [0.717, 1.165) is 0 Å². The number of guanidine groups is 1. The monoisotopic (exact) mass is 377 g/mol. The van der Waals surface area contributed by atoms with Crippen LogP contribution in [-0.2, 0) is 5.92 Å². The summed E-state index contributed by atoms with van der Waals surface area (Å²) >= 11 is 0. The molecule has 10 heteroatoms. The maximum absolute atomic E-state index is 14.4. The van der Waals surface area contributed by atoms with E-state index < -0.39 is 18.2 Å². The van der Waals surface area contributed by atoms with Crippen LogP contribution < -0.4 is 15.4 Å². The molecule has 0 atom stereocenters. The fraction of sp³-hybridized carbons (Fsp3) is 0.412. The van der Waals surface area contributed by atoms with Crippen molar-refractivity contribution >= 4 is 11.9 Å². The lowest BCUT2D eigenvalue weighted by Gasteiger charge is -2.35. The molecule has 0 bridgehead atoms. The largest absolute Gasteiger partial charge is 0.481 e. The van der Waals surface area contributed by atoms with Gasteiger partial charge in [0.15, 0.2) is 5.96 Å². The molecule has 0 spiro atoms. The Morgan fingerprint density at radius 2 is 1.89 bits per heavy atom. The van der Waals surface area contributed by atoms with Crippen molar-refractivity contribution in [3.63, 3.8) is 0 Å². The number of alkyl halides is 2. The predicted octanol–water partition coefficient (Wildman–Crippen LogP) is 1.11. The lowest BCUT2D eigenvalue weighted by atomic mass is 10.2. The van der Waals surface area contributed by atoms with Crippen molar-refractivity contribution in [3.8, 4) is 5.88 Å². The highest BCUT2D eigenvalue weighted by molar-refractivity contribution is 5.78. The second kappa shape index (κ2) is 8.11. The van der Waals surface area contributed by atoms with E-state index in [4.69, 9.17) is 10.5 Å². The molecule has 1 aliphatic rings. The highest BCUT2D eigenvalue weighted by Gasteiger charge is 2.34. The minimum atomic E-state index is -3.24. The number of methoxy groups -OCH3 is 1. The van der Waals surface area contributed by atoms with Gasteiger partial charge in [0, 0.05) is 44.6 Å². The molecular weight excluding hydrogens is 356 g/mol. The van der Waals surface area contributed by atoms with Gasteiger partial charge < -0.3 is 20.3 Å². The molecule has 2 aromatic heterocycles. The molecule has 1 saturated heterocycles. The Labute approximate surface area is 155 Å².